The molecule has 0 saturated heterocycles. The number of ether oxygens (including phenoxy) is 2. The monoisotopic (exact) mass is 438 g/mol. The molecule has 0 radical (unpaired) electrons. The van der Waals surface area contributed by atoms with E-state index < -0.39 is 6.04 Å². The zero-order valence-electron chi connectivity index (χ0n) is 19.3. The SMILES string of the molecule is COc1ccc(CN(C(=O)COc2cccc(C)c2)C(C)C(=O)NC2CCCCC2)cc1. The standard InChI is InChI=1S/C26H34N2O4/c1-19-8-7-11-24(16-19)32-18-25(29)28(17-21-12-14-23(31-3)15-13-21)20(2)26(30)27-22-9-5-4-6-10-22/h7-8,11-16,20,22H,4-6,9-10,17-18H2,1-3H3,(H,27,30). The van der Waals surface area contributed by atoms with Crippen molar-refractivity contribution >= 4 is 11.8 Å². The van der Waals surface area contributed by atoms with Gasteiger partial charge in [-0.3, -0.25) is 9.59 Å². The molecule has 0 heterocycles. The molecule has 2 amide bonds. The Morgan fingerprint density at radius 2 is 1.78 bits per heavy atom. The molecule has 1 saturated carbocycles. The maximum atomic E-state index is 13.2. The van der Waals surface area contributed by atoms with Crippen molar-refractivity contribution in [2.24, 2.45) is 0 Å². The highest BCUT2D eigenvalue weighted by Gasteiger charge is 2.28. The van der Waals surface area contributed by atoms with Crippen LogP contribution in [0.4, 0.5) is 0 Å². The number of nitrogens with one attached hydrogen (secondary N) is 1. The van der Waals surface area contributed by atoms with Crippen LogP contribution in [0.5, 0.6) is 11.5 Å². The fourth-order valence-corrected chi connectivity index (χ4v) is 4.01. The largest absolute Gasteiger partial charge is 0.497 e. The van der Waals surface area contributed by atoms with Crippen LogP contribution in [-0.2, 0) is 16.1 Å². The molecule has 3 rings (SSSR count). The molecule has 6 nitrogen and oxygen atoms in total. The van der Waals surface area contributed by atoms with Crippen LogP contribution in [-0.4, -0.2) is 42.5 Å². The summed E-state index contributed by atoms with van der Waals surface area (Å²) in [5.74, 6) is 1.04. The Morgan fingerprint density at radius 3 is 2.44 bits per heavy atom. The fraction of sp³-hybridized carbons (Fsp3) is 0.462. The first kappa shape index (κ1) is 23.6. The Labute approximate surface area is 190 Å². The van der Waals surface area contributed by atoms with E-state index in [0.717, 1.165) is 42.6 Å². The van der Waals surface area contributed by atoms with E-state index in [-0.39, 0.29) is 24.5 Å². The van der Waals surface area contributed by atoms with Gasteiger partial charge < -0.3 is 19.7 Å². The number of hydrogen-bond donors (Lipinski definition) is 1. The maximum Gasteiger partial charge on any atom is 0.261 e. The van der Waals surface area contributed by atoms with Gasteiger partial charge in [-0.15, -0.1) is 0 Å². The number of nitrogens with zero attached hydrogens (tertiary/aromatic N) is 1. The zero-order chi connectivity index (χ0) is 22.9. The summed E-state index contributed by atoms with van der Waals surface area (Å²) in [6.45, 7) is 3.95. The Hall–Kier alpha value is -3.02. The summed E-state index contributed by atoms with van der Waals surface area (Å²) in [4.78, 5) is 27.8. The lowest BCUT2D eigenvalue weighted by atomic mass is 9.95. The number of rotatable bonds is 9. The van der Waals surface area contributed by atoms with Gasteiger partial charge in [0.15, 0.2) is 6.61 Å². The van der Waals surface area contributed by atoms with E-state index in [0.29, 0.717) is 12.3 Å². The molecule has 2 aromatic carbocycles. The van der Waals surface area contributed by atoms with Gasteiger partial charge in [-0.2, -0.15) is 0 Å². The first-order valence-corrected chi connectivity index (χ1v) is 11.4. The Balaban J connectivity index is 1.70. The number of amides is 2. The lowest BCUT2D eigenvalue weighted by Crippen LogP contribution is -2.51. The van der Waals surface area contributed by atoms with E-state index in [9.17, 15) is 9.59 Å². The number of benzene rings is 2. The van der Waals surface area contributed by atoms with Crippen LogP contribution in [0.25, 0.3) is 0 Å². The van der Waals surface area contributed by atoms with Crippen molar-refractivity contribution in [1.82, 2.24) is 10.2 Å². The molecule has 1 aliphatic rings. The molecule has 0 aliphatic heterocycles. The fourth-order valence-electron chi connectivity index (χ4n) is 4.01. The minimum absolute atomic E-state index is 0.116. The molecular weight excluding hydrogens is 404 g/mol. The second-order valence-corrected chi connectivity index (χ2v) is 8.49. The normalized spacial score (nSPS) is 15.0. The van der Waals surface area contributed by atoms with Crippen molar-refractivity contribution in [2.75, 3.05) is 13.7 Å². The average Bonchev–Trinajstić information content (AvgIpc) is 2.81. The molecule has 172 valence electrons. The van der Waals surface area contributed by atoms with E-state index in [2.05, 4.69) is 5.32 Å². The summed E-state index contributed by atoms with van der Waals surface area (Å²) in [5, 5.41) is 3.15. The van der Waals surface area contributed by atoms with Crippen LogP contribution >= 0.6 is 0 Å². The first-order chi connectivity index (χ1) is 15.5. The molecule has 1 aliphatic carbocycles. The van der Waals surface area contributed by atoms with E-state index in [1.165, 1.54) is 6.42 Å². The number of methoxy groups -OCH3 is 1. The van der Waals surface area contributed by atoms with Gasteiger partial charge in [0.2, 0.25) is 5.91 Å². The van der Waals surface area contributed by atoms with Gasteiger partial charge >= 0.3 is 0 Å². The van der Waals surface area contributed by atoms with Crippen LogP contribution in [0.2, 0.25) is 0 Å². The van der Waals surface area contributed by atoms with Crippen molar-refractivity contribution < 1.29 is 19.1 Å². The predicted octanol–water partition coefficient (Wildman–Crippen LogP) is 4.25. The van der Waals surface area contributed by atoms with Crippen LogP contribution in [0.1, 0.15) is 50.2 Å². The molecule has 0 bridgehead atoms. The minimum Gasteiger partial charge on any atom is -0.497 e. The summed E-state index contributed by atoms with van der Waals surface area (Å²) in [6.07, 6.45) is 5.50. The van der Waals surface area contributed by atoms with E-state index in [1.807, 2.05) is 55.5 Å². The topological polar surface area (TPSA) is 67.9 Å². The zero-order valence-corrected chi connectivity index (χ0v) is 19.3. The Bertz CT molecular complexity index is 891. The molecule has 1 N–H and O–H groups in total. The summed E-state index contributed by atoms with van der Waals surface area (Å²) in [5.41, 5.74) is 1.98. The number of carbonyl (C=O) groups is 2. The van der Waals surface area contributed by atoms with Crippen LogP contribution in [0, 0.1) is 6.92 Å². The molecular formula is C26H34N2O4. The molecule has 2 aromatic rings. The van der Waals surface area contributed by atoms with Gasteiger partial charge in [0.05, 0.1) is 7.11 Å². The van der Waals surface area contributed by atoms with Gasteiger partial charge in [-0.1, -0.05) is 43.5 Å². The molecule has 32 heavy (non-hydrogen) atoms. The summed E-state index contributed by atoms with van der Waals surface area (Å²) >= 11 is 0. The summed E-state index contributed by atoms with van der Waals surface area (Å²) in [6, 6.07) is 14.7. The number of carbonyl (C=O) groups excluding carboxylic acids is 2. The summed E-state index contributed by atoms with van der Waals surface area (Å²) in [7, 11) is 1.62. The van der Waals surface area contributed by atoms with Crippen molar-refractivity contribution in [2.45, 2.75) is 64.6 Å². The third-order valence-corrected chi connectivity index (χ3v) is 5.98. The van der Waals surface area contributed by atoms with Crippen LogP contribution in [0.15, 0.2) is 48.5 Å². The van der Waals surface area contributed by atoms with Gasteiger partial charge in [-0.05, 0) is 62.1 Å². The predicted molar refractivity (Wildman–Crippen MR) is 125 cm³/mol. The Morgan fingerprint density at radius 1 is 1.06 bits per heavy atom. The Kier molecular flexibility index (Phi) is 8.54. The first-order valence-electron chi connectivity index (χ1n) is 11.4. The van der Waals surface area contributed by atoms with E-state index in [4.69, 9.17) is 9.47 Å². The van der Waals surface area contributed by atoms with Gasteiger partial charge in [0.25, 0.3) is 5.91 Å². The van der Waals surface area contributed by atoms with Crippen LogP contribution < -0.4 is 14.8 Å². The molecule has 1 unspecified atom stereocenters. The van der Waals surface area contributed by atoms with E-state index in [1.54, 1.807) is 18.9 Å². The number of aryl methyl sites for hydroxylation is 1. The molecule has 0 aromatic heterocycles. The maximum absolute atomic E-state index is 13.2. The van der Waals surface area contributed by atoms with Crippen molar-refractivity contribution in [1.29, 1.82) is 0 Å². The molecule has 0 spiro atoms. The molecule has 1 atom stereocenters. The number of hydrogen-bond acceptors (Lipinski definition) is 4. The van der Waals surface area contributed by atoms with Crippen LogP contribution in [0.3, 0.4) is 0 Å². The highest BCUT2D eigenvalue weighted by Crippen LogP contribution is 2.19. The quantitative estimate of drug-likeness (QED) is 0.636. The minimum atomic E-state index is -0.604. The lowest BCUT2D eigenvalue weighted by Gasteiger charge is -2.31. The second kappa shape index (κ2) is 11.6. The molecule has 6 heteroatoms. The van der Waals surface area contributed by atoms with Gasteiger partial charge in [0.1, 0.15) is 17.5 Å². The third-order valence-electron chi connectivity index (χ3n) is 5.98. The highest BCUT2D eigenvalue weighted by molar-refractivity contribution is 5.88. The van der Waals surface area contributed by atoms with Crippen molar-refractivity contribution in [3.63, 3.8) is 0 Å². The van der Waals surface area contributed by atoms with Gasteiger partial charge in [-0.25, -0.2) is 0 Å². The highest BCUT2D eigenvalue weighted by atomic mass is 16.5. The van der Waals surface area contributed by atoms with Gasteiger partial charge in [0, 0.05) is 12.6 Å². The van der Waals surface area contributed by atoms with Crippen molar-refractivity contribution in [3.8, 4) is 11.5 Å². The smallest absolute Gasteiger partial charge is 0.261 e. The lowest BCUT2D eigenvalue weighted by molar-refractivity contribution is -0.142. The van der Waals surface area contributed by atoms with E-state index >= 15 is 0 Å². The average molecular weight is 439 g/mol. The molecule has 1 fully saturated rings. The third kappa shape index (κ3) is 6.74. The summed E-state index contributed by atoms with van der Waals surface area (Å²) < 4.78 is 11.0. The second-order valence-electron chi connectivity index (χ2n) is 8.49. The van der Waals surface area contributed by atoms with Crippen molar-refractivity contribution in [3.05, 3.63) is 59.7 Å².